The van der Waals surface area contributed by atoms with Crippen LogP contribution < -0.4 is 10.2 Å². The lowest BCUT2D eigenvalue weighted by Crippen LogP contribution is -2.41. The summed E-state index contributed by atoms with van der Waals surface area (Å²) in [4.78, 5) is 18.0. The maximum Gasteiger partial charge on any atom is 0.417 e. The van der Waals surface area contributed by atoms with E-state index in [0.29, 0.717) is 44.7 Å². The first-order valence-electron chi connectivity index (χ1n) is 8.52. The Morgan fingerprint density at radius 3 is 2.62 bits per heavy atom. The van der Waals surface area contributed by atoms with Crippen molar-refractivity contribution in [1.29, 1.82) is 0 Å². The minimum absolute atomic E-state index is 0.0107. The summed E-state index contributed by atoms with van der Waals surface area (Å²) in [6, 6.07) is 6.09. The first-order chi connectivity index (χ1) is 12.4. The van der Waals surface area contributed by atoms with E-state index in [4.69, 9.17) is 4.42 Å². The van der Waals surface area contributed by atoms with E-state index in [1.807, 2.05) is 17.0 Å². The number of halogens is 3. The van der Waals surface area contributed by atoms with Crippen molar-refractivity contribution in [3.8, 4) is 0 Å². The van der Waals surface area contributed by atoms with E-state index >= 15 is 0 Å². The molecule has 1 aliphatic heterocycles. The molecule has 3 heterocycles. The summed E-state index contributed by atoms with van der Waals surface area (Å²) in [5.74, 6) is 1.26. The molecular weight excluding hydrogens is 347 g/mol. The van der Waals surface area contributed by atoms with Crippen LogP contribution in [-0.2, 0) is 17.4 Å². The van der Waals surface area contributed by atoms with E-state index in [9.17, 15) is 18.0 Å². The number of anilines is 1. The van der Waals surface area contributed by atoms with Crippen molar-refractivity contribution in [3.05, 3.63) is 48.0 Å². The number of amides is 1. The van der Waals surface area contributed by atoms with Crippen molar-refractivity contribution < 1.29 is 22.4 Å². The van der Waals surface area contributed by atoms with Gasteiger partial charge in [0, 0.05) is 38.2 Å². The van der Waals surface area contributed by atoms with Gasteiger partial charge in [-0.15, -0.1) is 0 Å². The third-order valence-corrected chi connectivity index (χ3v) is 4.52. The first-order valence-corrected chi connectivity index (χ1v) is 8.52. The molecule has 8 heteroatoms. The van der Waals surface area contributed by atoms with Crippen LogP contribution in [0.15, 0.2) is 41.1 Å². The summed E-state index contributed by atoms with van der Waals surface area (Å²) in [6.45, 7) is 1.70. The third-order valence-electron chi connectivity index (χ3n) is 4.52. The SMILES string of the molecule is O=C(NCCc1ccco1)C1CCN(c2ccc(C(F)(F)F)cn2)CC1. The summed E-state index contributed by atoms with van der Waals surface area (Å²) < 4.78 is 43.0. The van der Waals surface area contributed by atoms with Crippen molar-refractivity contribution in [1.82, 2.24) is 10.3 Å². The Balaban J connectivity index is 1.45. The Labute approximate surface area is 149 Å². The molecular formula is C18H20F3N3O2. The lowest BCUT2D eigenvalue weighted by atomic mass is 9.96. The molecule has 5 nitrogen and oxygen atoms in total. The second-order valence-corrected chi connectivity index (χ2v) is 6.28. The molecule has 1 saturated heterocycles. The number of hydrogen-bond donors (Lipinski definition) is 1. The van der Waals surface area contributed by atoms with Gasteiger partial charge in [-0.3, -0.25) is 4.79 Å². The van der Waals surface area contributed by atoms with Crippen LogP contribution in [0.2, 0.25) is 0 Å². The predicted molar refractivity (Wildman–Crippen MR) is 89.6 cm³/mol. The van der Waals surface area contributed by atoms with Crippen molar-refractivity contribution in [2.45, 2.75) is 25.4 Å². The van der Waals surface area contributed by atoms with E-state index in [0.717, 1.165) is 18.0 Å². The minimum Gasteiger partial charge on any atom is -0.469 e. The van der Waals surface area contributed by atoms with Gasteiger partial charge in [-0.05, 0) is 37.1 Å². The number of hydrogen-bond acceptors (Lipinski definition) is 4. The van der Waals surface area contributed by atoms with Crippen LogP contribution in [0.25, 0.3) is 0 Å². The van der Waals surface area contributed by atoms with Gasteiger partial charge in [0.1, 0.15) is 11.6 Å². The minimum atomic E-state index is -4.38. The highest BCUT2D eigenvalue weighted by Gasteiger charge is 2.31. The fraction of sp³-hybridized carbons (Fsp3) is 0.444. The number of piperidine rings is 1. The van der Waals surface area contributed by atoms with Gasteiger partial charge in [0.2, 0.25) is 5.91 Å². The highest BCUT2D eigenvalue weighted by Crippen LogP contribution is 2.30. The van der Waals surface area contributed by atoms with Gasteiger partial charge in [-0.25, -0.2) is 4.98 Å². The normalized spacial score (nSPS) is 15.9. The van der Waals surface area contributed by atoms with Gasteiger partial charge in [-0.1, -0.05) is 0 Å². The molecule has 2 aromatic rings. The lowest BCUT2D eigenvalue weighted by Gasteiger charge is -2.32. The van der Waals surface area contributed by atoms with Crippen LogP contribution >= 0.6 is 0 Å². The zero-order chi connectivity index (χ0) is 18.6. The zero-order valence-electron chi connectivity index (χ0n) is 14.1. The fourth-order valence-electron chi connectivity index (χ4n) is 3.02. The van der Waals surface area contributed by atoms with Gasteiger partial charge < -0.3 is 14.6 Å². The average Bonchev–Trinajstić information content (AvgIpc) is 3.15. The maximum absolute atomic E-state index is 12.6. The van der Waals surface area contributed by atoms with Gasteiger partial charge in [0.15, 0.2) is 0 Å². The van der Waals surface area contributed by atoms with Crippen molar-refractivity contribution in [2.24, 2.45) is 5.92 Å². The summed E-state index contributed by atoms with van der Waals surface area (Å²) in [5, 5.41) is 2.91. The van der Waals surface area contributed by atoms with Gasteiger partial charge in [0.05, 0.1) is 11.8 Å². The number of furan rings is 1. The van der Waals surface area contributed by atoms with E-state index in [1.54, 1.807) is 6.26 Å². The molecule has 0 bridgehead atoms. The third kappa shape index (κ3) is 4.56. The number of carbonyl (C=O) groups is 1. The highest BCUT2D eigenvalue weighted by atomic mass is 19.4. The van der Waals surface area contributed by atoms with Crippen molar-refractivity contribution in [2.75, 3.05) is 24.5 Å². The van der Waals surface area contributed by atoms with Crippen molar-refractivity contribution >= 4 is 11.7 Å². The first kappa shape index (κ1) is 18.3. The second kappa shape index (κ2) is 7.80. The van der Waals surface area contributed by atoms with Gasteiger partial charge >= 0.3 is 6.18 Å². The summed E-state index contributed by atoms with van der Waals surface area (Å²) in [7, 11) is 0. The molecule has 1 amide bonds. The number of rotatable bonds is 5. The molecule has 2 aromatic heterocycles. The predicted octanol–water partition coefficient (Wildman–Crippen LogP) is 3.27. The standard InChI is InChI=1S/C18H20F3N3O2/c19-18(20,21)14-3-4-16(23-12-14)24-9-6-13(7-10-24)17(25)22-8-5-15-2-1-11-26-15/h1-4,11-13H,5-10H2,(H,22,25). The van der Waals surface area contributed by atoms with E-state index < -0.39 is 11.7 Å². The molecule has 26 heavy (non-hydrogen) atoms. The average molecular weight is 367 g/mol. The number of nitrogens with zero attached hydrogens (tertiary/aromatic N) is 2. The Morgan fingerprint density at radius 1 is 1.27 bits per heavy atom. The number of pyridine rings is 1. The number of alkyl halides is 3. The van der Waals surface area contributed by atoms with Crippen LogP contribution in [0, 0.1) is 5.92 Å². The molecule has 3 rings (SSSR count). The molecule has 1 N–H and O–H groups in total. The Morgan fingerprint density at radius 2 is 2.04 bits per heavy atom. The number of aromatic nitrogens is 1. The van der Waals surface area contributed by atoms with Crippen molar-refractivity contribution in [3.63, 3.8) is 0 Å². The molecule has 0 aromatic carbocycles. The van der Waals surface area contributed by atoms with Crippen LogP contribution in [0.1, 0.15) is 24.2 Å². The molecule has 0 radical (unpaired) electrons. The van der Waals surface area contributed by atoms with E-state index in [-0.39, 0.29) is 11.8 Å². The molecule has 140 valence electrons. The van der Waals surface area contributed by atoms with Crippen LogP contribution in [0.5, 0.6) is 0 Å². The van der Waals surface area contributed by atoms with Gasteiger partial charge in [0.25, 0.3) is 0 Å². The molecule has 0 spiro atoms. The Bertz CT molecular complexity index is 706. The second-order valence-electron chi connectivity index (χ2n) is 6.28. The zero-order valence-corrected chi connectivity index (χ0v) is 14.1. The molecule has 0 saturated carbocycles. The van der Waals surface area contributed by atoms with E-state index in [1.165, 1.54) is 6.07 Å². The quantitative estimate of drug-likeness (QED) is 0.881. The maximum atomic E-state index is 12.6. The highest BCUT2D eigenvalue weighted by molar-refractivity contribution is 5.78. The summed E-state index contributed by atoms with van der Waals surface area (Å²) in [5.41, 5.74) is -0.757. The molecule has 0 atom stereocenters. The smallest absolute Gasteiger partial charge is 0.417 e. The molecule has 0 unspecified atom stereocenters. The topological polar surface area (TPSA) is 58.4 Å². The van der Waals surface area contributed by atoms with Crippen LogP contribution in [-0.4, -0.2) is 30.5 Å². The Kier molecular flexibility index (Phi) is 5.49. The number of carbonyl (C=O) groups excluding carboxylic acids is 1. The Hall–Kier alpha value is -2.51. The molecule has 0 aliphatic carbocycles. The molecule has 1 fully saturated rings. The fourth-order valence-corrected chi connectivity index (χ4v) is 3.02. The van der Waals surface area contributed by atoms with Gasteiger partial charge in [-0.2, -0.15) is 13.2 Å². The monoisotopic (exact) mass is 367 g/mol. The summed E-state index contributed by atoms with van der Waals surface area (Å²) >= 11 is 0. The van der Waals surface area contributed by atoms with Crippen LogP contribution in [0.4, 0.5) is 19.0 Å². The lowest BCUT2D eigenvalue weighted by molar-refractivity contribution is -0.137. The number of nitrogens with one attached hydrogen (secondary N) is 1. The molecule has 1 aliphatic rings. The van der Waals surface area contributed by atoms with Crippen LogP contribution in [0.3, 0.4) is 0 Å². The summed E-state index contributed by atoms with van der Waals surface area (Å²) in [6.07, 6.45) is 0.00875. The largest absolute Gasteiger partial charge is 0.469 e. The van der Waals surface area contributed by atoms with E-state index in [2.05, 4.69) is 10.3 Å².